The Labute approximate surface area is 96.2 Å². The van der Waals surface area contributed by atoms with Crippen molar-refractivity contribution in [3.05, 3.63) is 36.0 Å². The number of para-hydroxylation sites is 1. The van der Waals surface area contributed by atoms with Gasteiger partial charge in [-0.3, -0.25) is 4.79 Å². The molecule has 0 radical (unpaired) electrons. The number of alkyl halides is 1. The third-order valence-corrected chi connectivity index (χ3v) is 2.34. The summed E-state index contributed by atoms with van der Waals surface area (Å²) in [4.78, 5) is 25.4. The first-order valence-corrected chi connectivity index (χ1v) is 5.13. The van der Waals surface area contributed by atoms with Crippen LogP contribution in [0.5, 0.6) is 0 Å². The van der Waals surface area contributed by atoms with Gasteiger partial charge in [-0.2, -0.15) is 0 Å². The molecule has 1 heterocycles. The molecule has 0 bridgehead atoms. The Bertz CT molecular complexity index is 547. The molecule has 0 amide bonds. The third-order valence-electron chi connectivity index (χ3n) is 2.12. The molecule has 0 aliphatic carbocycles. The summed E-state index contributed by atoms with van der Waals surface area (Å²) in [5.74, 6) is -1.78. The number of rotatable bonds is 2. The van der Waals surface area contributed by atoms with E-state index in [0.717, 1.165) is 10.9 Å². The molecule has 2 aromatic rings. The molecule has 1 aromatic heterocycles. The number of fused-ring (bicyclic) bond motifs is 1. The fourth-order valence-electron chi connectivity index (χ4n) is 1.43. The predicted octanol–water partition coefficient (Wildman–Crippen LogP) is 2.09. The lowest BCUT2D eigenvalue weighted by Gasteiger charge is -1.98. The lowest BCUT2D eigenvalue weighted by atomic mass is 10.2. The molecule has 0 fully saturated rings. The quantitative estimate of drug-likeness (QED) is 0.494. The predicted molar refractivity (Wildman–Crippen MR) is 59.4 cm³/mol. The molecule has 5 heteroatoms. The summed E-state index contributed by atoms with van der Waals surface area (Å²) < 4.78 is 4.52. The molecular weight excluding hydrogens is 230 g/mol. The minimum Gasteiger partial charge on any atom is -0.388 e. The van der Waals surface area contributed by atoms with Gasteiger partial charge in [0.25, 0.3) is 0 Å². The van der Waals surface area contributed by atoms with Crippen LogP contribution in [-0.4, -0.2) is 22.8 Å². The van der Waals surface area contributed by atoms with E-state index < -0.39 is 11.9 Å². The summed E-state index contributed by atoms with van der Waals surface area (Å²) in [6.07, 6.45) is 1.51. The Morgan fingerprint density at radius 3 is 2.81 bits per heavy atom. The Morgan fingerprint density at radius 1 is 1.31 bits per heavy atom. The highest BCUT2D eigenvalue weighted by molar-refractivity contribution is 6.27. The second-order valence-corrected chi connectivity index (χ2v) is 3.41. The van der Waals surface area contributed by atoms with Crippen molar-refractivity contribution in [2.75, 3.05) is 5.88 Å². The number of nitrogens with one attached hydrogen (secondary N) is 1. The van der Waals surface area contributed by atoms with Gasteiger partial charge in [0, 0.05) is 17.1 Å². The molecule has 0 unspecified atom stereocenters. The van der Waals surface area contributed by atoms with Gasteiger partial charge in [0.2, 0.25) is 0 Å². The van der Waals surface area contributed by atoms with Crippen LogP contribution in [0.4, 0.5) is 0 Å². The molecule has 0 saturated carbocycles. The normalized spacial score (nSPS) is 10.3. The fraction of sp³-hybridized carbons (Fsp3) is 0.0909. The van der Waals surface area contributed by atoms with Crippen LogP contribution >= 0.6 is 11.6 Å². The largest absolute Gasteiger partial charge is 0.388 e. The first kappa shape index (κ1) is 10.7. The number of halogens is 1. The van der Waals surface area contributed by atoms with Gasteiger partial charge in [-0.1, -0.05) is 18.2 Å². The van der Waals surface area contributed by atoms with Gasteiger partial charge in [0.1, 0.15) is 5.88 Å². The lowest BCUT2D eigenvalue weighted by molar-refractivity contribution is -0.135. The summed E-state index contributed by atoms with van der Waals surface area (Å²) in [5.41, 5.74) is 1.14. The van der Waals surface area contributed by atoms with E-state index in [1.807, 2.05) is 12.1 Å². The second-order valence-electron chi connectivity index (χ2n) is 3.14. The number of hydrogen-bond donors (Lipinski definition) is 1. The van der Waals surface area contributed by atoms with E-state index in [-0.39, 0.29) is 5.88 Å². The van der Waals surface area contributed by atoms with Crippen LogP contribution in [0.25, 0.3) is 10.9 Å². The molecule has 82 valence electrons. The molecule has 1 N–H and O–H groups in total. The molecule has 0 atom stereocenters. The molecule has 1 aromatic carbocycles. The first-order chi connectivity index (χ1) is 7.72. The van der Waals surface area contributed by atoms with Gasteiger partial charge in [0.05, 0.1) is 5.56 Å². The highest BCUT2D eigenvalue weighted by atomic mass is 35.5. The summed E-state index contributed by atoms with van der Waals surface area (Å²) in [7, 11) is 0. The Morgan fingerprint density at radius 2 is 2.06 bits per heavy atom. The minimum absolute atomic E-state index is 0.328. The van der Waals surface area contributed by atoms with Crippen molar-refractivity contribution in [2.45, 2.75) is 0 Å². The number of esters is 2. The van der Waals surface area contributed by atoms with Crippen molar-refractivity contribution < 1.29 is 14.3 Å². The first-order valence-electron chi connectivity index (χ1n) is 4.59. The molecular formula is C11H8ClNO3. The maximum absolute atomic E-state index is 11.6. The zero-order chi connectivity index (χ0) is 11.5. The zero-order valence-corrected chi connectivity index (χ0v) is 8.95. The van der Waals surface area contributed by atoms with Gasteiger partial charge in [-0.15, -0.1) is 11.6 Å². The van der Waals surface area contributed by atoms with Crippen molar-refractivity contribution in [1.29, 1.82) is 0 Å². The van der Waals surface area contributed by atoms with E-state index >= 15 is 0 Å². The van der Waals surface area contributed by atoms with E-state index in [9.17, 15) is 9.59 Å². The van der Waals surface area contributed by atoms with Gasteiger partial charge in [-0.25, -0.2) is 4.79 Å². The van der Waals surface area contributed by atoms with Crippen molar-refractivity contribution >= 4 is 34.4 Å². The second kappa shape index (κ2) is 4.37. The summed E-state index contributed by atoms with van der Waals surface area (Å²) in [5, 5.41) is 0.717. The van der Waals surface area contributed by atoms with Crippen molar-refractivity contribution in [3.63, 3.8) is 0 Å². The Kier molecular flexibility index (Phi) is 2.92. The van der Waals surface area contributed by atoms with E-state index in [1.54, 1.807) is 12.1 Å². The van der Waals surface area contributed by atoms with Gasteiger partial charge in [-0.05, 0) is 6.07 Å². The molecule has 0 aliphatic heterocycles. The standard InChI is InChI=1S/C11H8ClNO3/c12-5-10(14)16-11(15)8-6-13-9-4-2-1-3-7(8)9/h1-4,6,13H,5H2. The van der Waals surface area contributed by atoms with Crippen LogP contribution in [0.1, 0.15) is 10.4 Å². The molecule has 0 aliphatic rings. The number of carbonyl (C=O) groups is 2. The van der Waals surface area contributed by atoms with Gasteiger partial charge in [0.15, 0.2) is 0 Å². The van der Waals surface area contributed by atoms with E-state index in [4.69, 9.17) is 11.6 Å². The number of aromatic amines is 1. The van der Waals surface area contributed by atoms with E-state index in [0.29, 0.717) is 5.56 Å². The summed E-state index contributed by atoms with van der Waals surface area (Å²) >= 11 is 5.24. The van der Waals surface area contributed by atoms with Crippen LogP contribution in [-0.2, 0) is 9.53 Å². The van der Waals surface area contributed by atoms with E-state index in [1.165, 1.54) is 6.20 Å². The van der Waals surface area contributed by atoms with Crippen LogP contribution in [0, 0.1) is 0 Å². The SMILES string of the molecule is O=C(CCl)OC(=O)c1c[nH]c2ccccc12. The average Bonchev–Trinajstić information content (AvgIpc) is 2.72. The maximum atomic E-state index is 11.6. The molecule has 0 saturated heterocycles. The highest BCUT2D eigenvalue weighted by Crippen LogP contribution is 2.18. The number of benzene rings is 1. The number of ether oxygens (including phenoxy) is 1. The topological polar surface area (TPSA) is 59.2 Å². The van der Waals surface area contributed by atoms with Gasteiger partial charge >= 0.3 is 11.9 Å². The van der Waals surface area contributed by atoms with Gasteiger partial charge < -0.3 is 9.72 Å². The summed E-state index contributed by atoms with van der Waals surface area (Å²) in [6, 6.07) is 7.25. The number of aromatic nitrogens is 1. The Balaban J connectivity index is 2.33. The smallest absolute Gasteiger partial charge is 0.347 e. The third kappa shape index (κ3) is 1.92. The maximum Gasteiger partial charge on any atom is 0.347 e. The number of hydrogen-bond acceptors (Lipinski definition) is 3. The Hall–Kier alpha value is -1.81. The van der Waals surface area contributed by atoms with E-state index in [2.05, 4.69) is 9.72 Å². The van der Waals surface area contributed by atoms with Crippen LogP contribution in [0.15, 0.2) is 30.5 Å². The molecule has 16 heavy (non-hydrogen) atoms. The van der Waals surface area contributed by atoms with Crippen molar-refractivity contribution in [1.82, 2.24) is 4.98 Å². The zero-order valence-electron chi connectivity index (χ0n) is 8.20. The number of carbonyl (C=O) groups excluding carboxylic acids is 2. The average molecular weight is 238 g/mol. The molecule has 0 spiro atoms. The lowest BCUT2D eigenvalue weighted by Crippen LogP contribution is -2.13. The minimum atomic E-state index is -0.753. The molecule has 2 rings (SSSR count). The fourth-order valence-corrected chi connectivity index (χ4v) is 1.48. The van der Waals surface area contributed by atoms with Crippen LogP contribution < -0.4 is 0 Å². The molecule has 4 nitrogen and oxygen atoms in total. The monoisotopic (exact) mass is 237 g/mol. The van der Waals surface area contributed by atoms with Crippen LogP contribution in [0.3, 0.4) is 0 Å². The van der Waals surface area contributed by atoms with Crippen molar-refractivity contribution in [2.24, 2.45) is 0 Å². The number of H-pyrrole nitrogens is 1. The summed E-state index contributed by atoms with van der Waals surface area (Å²) in [6.45, 7) is 0. The van der Waals surface area contributed by atoms with Crippen LogP contribution in [0.2, 0.25) is 0 Å². The highest BCUT2D eigenvalue weighted by Gasteiger charge is 2.15. The van der Waals surface area contributed by atoms with Crippen molar-refractivity contribution in [3.8, 4) is 0 Å².